The molecule has 8 heteroatoms. The number of hydrogen-bond donors (Lipinski definition) is 4. The highest BCUT2D eigenvalue weighted by molar-refractivity contribution is 6.31. The van der Waals surface area contributed by atoms with Crippen molar-refractivity contribution in [2.45, 2.75) is 19.4 Å². The Morgan fingerprint density at radius 1 is 1.40 bits per heavy atom. The van der Waals surface area contributed by atoms with Crippen LogP contribution in [0.1, 0.15) is 12.0 Å². The van der Waals surface area contributed by atoms with Crippen LogP contribution < -0.4 is 16.4 Å². The predicted molar refractivity (Wildman–Crippen MR) is 73.6 cm³/mol. The molecule has 1 rings (SSSR count). The van der Waals surface area contributed by atoms with Crippen molar-refractivity contribution < 1.29 is 19.5 Å². The van der Waals surface area contributed by atoms with Crippen LogP contribution in [0, 0.1) is 6.92 Å². The lowest BCUT2D eigenvalue weighted by molar-refractivity contribution is -0.140. The molecule has 108 valence electrons. The molecule has 0 aliphatic heterocycles. The summed E-state index contributed by atoms with van der Waals surface area (Å²) in [7, 11) is 0. The second kappa shape index (κ2) is 6.76. The van der Waals surface area contributed by atoms with Crippen molar-refractivity contribution in [2.24, 2.45) is 5.73 Å². The summed E-state index contributed by atoms with van der Waals surface area (Å²) in [6.07, 6.45) is -0.489. The number of amides is 3. The summed E-state index contributed by atoms with van der Waals surface area (Å²) in [5.41, 5.74) is 6.15. The maximum Gasteiger partial charge on any atom is 0.326 e. The molecular formula is C12H14ClN3O4. The first-order chi connectivity index (χ1) is 9.29. The lowest BCUT2D eigenvalue weighted by Crippen LogP contribution is -2.45. The zero-order chi connectivity index (χ0) is 15.3. The van der Waals surface area contributed by atoms with Crippen LogP contribution >= 0.6 is 11.6 Å². The average Bonchev–Trinajstić information content (AvgIpc) is 2.32. The molecule has 0 heterocycles. The summed E-state index contributed by atoms with van der Waals surface area (Å²) in [5, 5.41) is 13.9. The standard InChI is InChI=1S/C12H14ClN3O4/c1-6-2-3-7(4-8(6)13)15-12(20)16-9(11(18)19)5-10(14)17/h2-4,9H,5H2,1H3,(H2,14,17)(H,18,19)(H2,15,16,20)/t9-/m1/s1. The molecule has 0 bridgehead atoms. The molecule has 0 aliphatic carbocycles. The lowest BCUT2D eigenvalue weighted by Gasteiger charge is -2.14. The summed E-state index contributed by atoms with van der Waals surface area (Å²) in [5.74, 6) is -2.17. The Hall–Kier alpha value is -2.28. The van der Waals surface area contributed by atoms with Crippen LogP contribution in [0.5, 0.6) is 0 Å². The van der Waals surface area contributed by atoms with E-state index in [-0.39, 0.29) is 0 Å². The number of primary amides is 1. The molecule has 0 aromatic heterocycles. The Balaban J connectivity index is 2.67. The van der Waals surface area contributed by atoms with Gasteiger partial charge in [0, 0.05) is 10.7 Å². The molecule has 0 aliphatic rings. The van der Waals surface area contributed by atoms with Gasteiger partial charge in [0.2, 0.25) is 5.91 Å². The molecule has 3 amide bonds. The van der Waals surface area contributed by atoms with Gasteiger partial charge in [-0.3, -0.25) is 4.79 Å². The number of benzene rings is 1. The van der Waals surface area contributed by atoms with E-state index < -0.39 is 30.4 Å². The third-order valence-electron chi connectivity index (χ3n) is 2.44. The van der Waals surface area contributed by atoms with E-state index in [1.54, 1.807) is 19.1 Å². The van der Waals surface area contributed by atoms with Gasteiger partial charge < -0.3 is 21.5 Å². The van der Waals surface area contributed by atoms with Crippen LogP contribution in [-0.2, 0) is 9.59 Å². The SMILES string of the molecule is Cc1ccc(NC(=O)N[C@H](CC(N)=O)C(=O)O)cc1Cl. The number of hydrogen-bond acceptors (Lipinski definition) is 3. The molecule has 1 aromatic rings. The van der Waals surface area contributed by atoms with E-state index in [1.807, 2.05) is 0 Å². The maximum atomic E-state index is 11.6. The number of carbonyl (C=O) groups excluding carboxylic acids is 2. The van der Waals surface area contributed by atoms with Gasteiger partial charge in [-0.1, -0.05) is 17.7 Å². The van der Waals surface area contributed by atoms with Gasteiger partial charge in [0.1, 0.15) is 6.04 Å². The Kier molecular flexibility index (Phi) is 5.33. The van der Waals surface area contributed by atoms with Crippen LogP contribution in [0.3, 0.4) is 0 Å². The molecule has 0 radical (unpaired) electrons. The summed E-state index contributed by atoms with van der Waals surface area (Å²) < 4.78 is 0. The largest absolute Gasteiger partial charge is 0.480 e. The number of halogens is 1. The molecule has 20 heavy (non-hydrogen) atoms. The molecular weight excluding hydrogens is 286 g/mol. The molecule has 0 unspecified atom stereocenters. The van der Waals surface area contributed by atoms with E-state index in [4.69, 9.17) is 22.4 Å². The fraction of sp³-hybridized carbons (Fsp3) is 0.250. The number of nitrogens with one attached hydrogen (secondary N) is 2. The minimum absolute atomic E-state index is 0.404. The monoisotopic (exact) mass is 299 g/mol. The van der Waals surface area contributed by atoms with Crippen molar-refractivity contribution in [1.29, 1.82) is 0 Å². The van der Waals surface area contributed by atoms with Gasteiger partial charge in [0.15, 0.2) is 0 Å². The fourth-order valence-corrected chi connectivity index (χ4v) is 1.58. The first kappa shape index (κ1) is 15.8. The van der Waals surface area contributed by atoms with E-state index in [0.717, 1.165) is 5.56 Å². The van der Waals surface area contributed by atoms with E-state index in [1.165, 1.54) is 6.07 Å². The van der Waals surface area contributed by atoms with Crippen LogP contribution in [0.25, 0.3) is 0 Å². The summed E-state index contributed by atoms with van der Waals surface area (Å²) in [6.45, 7) is 1.81. The van der Waals surface area contributed by atoms with E-state index in [2.05, 4.69) is 10.6 Å². The summed E-state index contributed by atoms with van der Waals surface area (Å²) >= 11 is 5.90. The zero-order valence-corrected chi connectivity index (χ0v) is 11.4. The average molecular weight is 300 g/mol. The molecule has 0 spiro atoms. The maximum absolute atomic E-state index is 11.6. The Morgan fingerprint density at radius 2 is 2.05 bits per heavy atom. The topological polar surface area (TPSA) is 122 Å². The van der Waals surface area contributed by atoms with Crippen molar-refractivity contribution in [3.05, 3.63) is 28.8 Å². The molecule has 7 nitrogen and oxygen atoms in total. The van der Waals surface area contributed by atoms with Crippen molar-refractivity contribution >= 4 is 35.2 Å². The number of rotatable bonds is 5. The number of urea groups is 1. The van der Waals surface area contributed by atoms with Gasteiger partial charge in [-0.15, -0.1) is 0 Å². The smallest absolute Gasteiger partial charge is 0.326 e. The van der Waals surface area contributed by atoms with Gasteiger partial charge in [-0.05, 0) is 24.6 Å². The zero-order valence-electron chi connectivity index (χ0n) is 10.6. The Bertz CT molecular complexity index is 548. The minimum Gasteiger partial charge on any atom is -0.480 e. The second-order valence-corrected chi connectivity index (χ2v) is 4.53. The highest BCUT2D eigenvalue weighted by atomic mass is 35.5. The number of carbonyl (C=O) groups is 3. The van der Waals surface area contributed by atoms with Crippen molar-refractivity contribution in [1.82, 2.24) is 5.32 Å². The van der Waals surface area contributed by atoms with Gasteiger partial charge in [0.05, 0.1) is 6.42 Å². The summed E-state index contributed by atoms with van der Waals surface area (Å²) in [4.78, 5) is 33.2. The Labute approximate surface area is 120 Å². The number of anilines is 1. The number of nitrogens with two attached hydrogens (primary N) is 1. The van der Waals surface area contributed by atoms with E-state index >= 15 is 0 Å². The highest BCUT2D eigenvalue weighted by Gasteiger charge is 2.22. The first-order valence-corrected chi connectivity index (χ1v) is 6.02. The van der Waals surface area contributed by atoms with Crippen LogP contribution in [-0.4, -0.2) is 29.1 Å². The molecule has 0 saturated carbocycles. The van der Waals surface area contributed by atoms with Gasteiger partial charge in [-0.2, -0.15) is 0 Å². The number of aliphatic carboxylic acids is 1. The van der Waals surface area contributed by atoms with Crippen molar-refractivity contribution in [2.75, 3.05) is 5.32 Å². The minimum atomic E-state index is -1.38. The lowest BCUT2D eigenvalue weighted by atomic mass is 10.2. The van der Waals surface area contributed by atoms with Crippen LogP contribution in [0.15, 0.2) is 18.2 Å². The van der Waals surface area contributed by atoms with E-state index in [0.29, 0.717) is 10.7 Å². The highest BCUT2D eigenvalue weighted by Crippen LogP contribution is 2.19. The first-order valence-electron chi connectivity index (χ1n) is 5.64. The Morgan fingerprint density at radius 3 is 2.55 bits per heavy atom. The molecule has 1 aromatic carbocycles. The molecule has 5 N–H and O–H groups in total. The number of carboxylic acid groups (broad SMARTS) is 1. The van der Waals surface area contributed by atoms with Gasteiger partial charge in [-0.25, -0.2) is 9.59 Å². The number of carboxylic acids is 1. The second-order valence-electron chi connectivity index (χ2n) is 4.12. The van der Waals surface area contributed by atoms with E-state index in [9.17, 15) is 14.4 Å². The normalized spacial score (nSPS) is 11.5. The van der Waals surface area contributed by atoms with Crippen molar-refractivity contribution in [3.8, 4) is 0 Å². The van der Waals surface area contributed by atoms with Gasteiger partial charge >= 0.3 is 12.0 Å². The predicted octanol–water partition coefficient (Wildman–Crippen LogP) is 1.10. The molecule has 0 saturated heterocycles. The third kappa shape index (κ3) is 4.77. The van der Waals surface area contributed by atoms with Gasteiger partial charge in [0.25, 0.3) is 0 Å². The number of aryl methyl sites for hydroxylation is 1. The molecule has 1 atom stereocenters. The van der Waals surface area contributed by atoms with Crippen molar-refractivity contribution in [3.63, 3.8) is 0 Å². The molecule has 0 fully saturated rings. The fourth-order valence-electron chi connectivity index (χ4n) is 1.40. The summed E-state index contributed by atoms with van der Waals surface area (Å²) in [6, 6.07) is 2.70. The quantitative estimate of drug-likeness (QED) is 0.650. The van der Waals surface area contributed by atoms with Crippen LogP contribution in [0.2, 0.25) is 5.02 Å². The third-order valence-corrected chi connectivity index (χ3v) is 2.85. The van der Waals surface area contributed by atoms with Crippen LogP contribution in [0.4, 0.5) is 10.5 Å².